The number of oxazole rings is 1. The van der Waals surface area contributed by atoms with Crippen molar-refractivity contribution in [2.75, 3.05) is 13.1 Å². The van der Waals surface area contributed by atoms with Gasteiger partial charge in [0.05, 0.1) is 5.69 Å². The Balaban J connectivity index is 0.00000288. The fourth-order valence-electron chi connectivity index (χ4n) is 3.08. The Morgan fingerprint density at radius 2 is 1.79 bits per heavy atom. The van der Waals surface area contributed by atoms with Gasteiger partial charge in [0.15, 0.2) is 5.96 Å². The van der Waals surface area contributed by atoms with Gasteiger partial charge in [-0.25, -0.2) is 9.98 Å². The third kappa shape index (κ3) is 7.40. The summed E-state index contributed by atoms with van der Waals surface area (Å²) in [4.78, 5) is 8.99. The number of aliphatic imine (C=N–C) groups is 1. The van der Waals surface area contributed by atoms with E-state index in [1.807, 2.05) is 13.8 Å². The van der Waals surface area contributed by atoms with E-state index in [2.05, 4.69) is 27.5 Å². The van der Waals surface area contributed by atoms with E-state index in [1.54, 1.807) is 0 Å². The van der Waals surface area contributed by atoms with Gasteiger partial charge in [0.2, 0.25) is 5.89 Å². The Kier molecular flexibility index (Phi) is 10.4. The summed E-state index contributed by atoms with van der Waals surface area (Å²) in [6.07, 6.45) is 9.62. The van der Waals surface area contributed by atoms with Gasteiger partial charge in [-0.3, -0.25) is 0 Å². The van der Waals surface area contributed by atoms with Gasteiger partial charge in [0, 0.05) is 13.1 Å². The van der Waals surface area contributed by atoms with Crippen molar-refractivity contribution < 1.29 is 4.42 Å². The second-order valence-electron chi connectivity index (χ2n) is 6.54. The SMILES string of the molecule is CCNC(=NCc1nc(C)c(C)o1)NCC1CCCCCCC1.I. The number of rotatable bonds is 5. The van der Waals surface area contributed by atoms with E-state index < -0.39 is 0 Å². The first-order valence-electron chi connectivity index (χ1n) is 9.14. The molecule has 2 rings (SSSR count). The molecule has 24 heavy (non-hydrogen) atoms. The molecule has 0 atom stereocenters. The molecule has 1 aliphatic carbocycles. The Bertz CT molecular complexity index is 474. The molecule has 0 spiro atoms. The Labute approximate surface area is 163 Å². The lowest BCUT2D eigenvalue weighted by atomic mass is 9.91. The van der Waals surface area contributed by atoms with Gasteiger partial charge in [-0.15, -0.1) is 24.0 Å². The average Bonchev–Trinajstić information content (AvgIpc) is 2.82. The van der Waals surface area contributed by atoms with Crippen molar-refractivity contribution in [3.63, 3.8) is 0 Å². The molecule has 5 nitrogen and oxygen atoms in total. The summed E-state index contributed by atoms with van der Waals surface area (Å²) in [5.41, 5.74) is 0.947. The van der Waals surface area contributed by atoms with Crippen molar-refractivity contribution in [2.24, 2.45) is 10.9 Å². The smallest absolute Gasteiger partial charge is 0.216 e. The fraction of sp³-hybridized carbons (Fsp3) is 0.778. The monoisotopic (exact) mass is 448 g/mol. The first kappa shape index (κ1) is 21.3. The zero-order chi connectivity index (χ0) is 16.5. The average molecular weight is 448 g/mol. The van der Waals surface area contributed by atoms with Crippen LogP contribution in [-0.2, 0) is 6.54 Å². The Morgan fingerprint density at radius 3 is 2.38 bits per heavy atom. The zero-order valence-electron chi connectivity index (χ0n) is 15.4. The minimum absolute atomic E-state index is 0. The highest BCUT2D eigenvalue weighted by Gasteiger charge is 2.12. The molecule has 0 saturated heterocycles. The summed E-state index contributed by atoms with van der Waals surface area (Å²) >= 11 is 0. The maximum absolute atomic E-state index is 5.59. The largest absolute Gasteiger partial charge is 0.444 e. The van der Waals surface area contributed by atoms with E-state index in [0.717, 1.165) is 36.4 Å². The van der Waals surface area contributed by atoms with Crippen molar-refractivity contribution in [3.05, 3.63) is 17.3 Å². The summed E-state index contributed by atoms with van der Waals surface area (Å²) in [6.45, 7) is 8.34. The van der Waals surface area contributed by atoms with Gasteiger partial charge < -0.3 is 15.1 Å². The molecular weight excluding hydrogens is 415 g/mol. The lowest BCUT2D eigenvalue weighted by molar-refractivity contribution is 0.375. The number of guanidine groups is 1. The third-order valence-corrected chi connectivity index (χ3v) is 4.57. The molecule has 1 aromatic heterocycles. The molecule has 0 amide bonds. The minimum atomic E-state index is 0. The van der Waals surface area contributed by atoms with Gasteiger partial charge in [-0.05, 0) is 39.5 Å². The number of halogens is 1. The van der Waals surface area contributed by atoms with Crippen LogP contribution in [0.5, 0.6) is 0 Å². The van der Waals surface area contributed by atoms with Crippen molar-refractivity contribution in [1.82, 2.24) is 15.6 Å². The van der Waals surface area contributed by atoms with Crippen LogP contribution < -0.4 is 10.6 Å². The normalized spacial score (nSPS) is 16.9. The number of nitrogens with one attached hydrogen (secondary N) is 2. The molecule has 6 heteroatoms. The number of nitrogens with zero attached hydrogens (tertiary/aromatic N) is 2. The van der Waals surface area contributed by atoms with E-state index in [1.165, 1.54) is 44.9 Å². The molecule has 1 aliphatic rings. The second-order valence-corrected chi connectivity index (χ2v) is 6.54. The highest BCUT2D eigenvalue weighted by Crippen LogP contribution is 2.21. The van der Waals surface area contributed by atoms with E-state index in [4.69, 9.17) is 4.42 Å². The number of hydrogen-bond donors (Lipinski definition) is 2. The zero-order valence-corrected chi connectivity index (χ0v) is 17.7. The highest BCUT2D eigenvalue weighted by molar-refractivity contribution is 14.0. The number of aryl methyl sites for hydroxylation is 2. The van der Waals surface area contributed by atoms with Crippen molar-refractivity contribution >= 4 is 29.9 Å². The van der Waals surface area contributed by atoms with Crippen LogP contribution in [0.3, 0.4) is 0 Å². The fourth-order valence-corrected chi connectivity index (χ4v) is 3.08. The quantitative estimate of drug-likeness (QED) is 0.400. The van der Waals surface area contributed by atoms with Crippen LogP contribution >= 0.6 is 24.0 Å². The molecule has 138 valence electrons. The van der Waals surface area contributed by atoms with Gasteiger partial charge in [0.25, 0.3) is 0 Å². The second kappa shape index (κ2) is 11.7. The first-order valence-corrected chi connectivity index (χ1v) is 9.14. The predicted molar refractivity (Wildman–Crippen MR) is 110 cm³/mol. The Morgan fingerprint density at radius 1 is 1.12 bits per heavy atom. The molecule has 1 aromatic rings. The topological polar surface area (TPSA) is 62.5 Å². The van der Waals surface area contributed by atoms with E-state index >= 15 is 0 Å². The maximum atomic E-state index is 5.59. The summed E-state index contributed by atoms with van der Waals surface area (Å²) < 4.78 is 5.59. The highest BCUT2D eigenvalue weighted by atomic mass is 127. The van der Waals surface area contributed by atoms with E-state index in [0.29, 0.717) is 12.4 Å². The molecule has 1 fully saturated rings. The van der Waals surface area contributed by atoms with Gasteiger partial charge in [-0.1, -0.05) is 32.1 Å². The lowest BCUT2D eigenvalue weighted by Crippen LogP contribution is -2.40. The molecule has 0 radical (unpaired) electrons. The predicted octanol–water partition coefficient (Wildman–Crippen LogP) is 4.33. The summed E-state index contributed by atoms with van der Waals surface area (Å²) in [6, 6.07) is 0. The van der Waals surface area contributed by atoms with Crippen LogP contribution in [0.4, 0.5) is 0 Å². The van der Waals surface area contributed by atoms with Crippen LogP contribution in [0, 0.1) is 19.8 Å². The van der Waals surface area contributed by atoms with Crippen LogP contribution in [-0.4, -0.2) is 24.0 Å². The van der Waals surface area contributed by atoms with Gasteiger partial charge in [0.1, 0.15) is 12.3 Å². The number of aromatic nitrogens is 1. The lowest BCUT2D eigenvalue weighted by Gasteiger charge is -2.21. The summed E-state index contributed by atoms with van der Waals surface area (Å²) in [5, 5.41) is 6.81. The van der Waals surface area contributed by atoms with Crippen LogP contribution in [0.15, 0.2) is 9.41 Å². The van der Waals surface area contributed by atoms with Crippen LogP contribution in [0.2, 0.25) is 0 Å². The number of hydrogen-bond acceptors (Lipinski definition) is 3. The van der Waals surface area contributed by atoms with E-state index in [9.17, 15) is 0 Å². The molecule has 0 bridgehead atoms. The molecular formula is C18H33IN4O. The standard InChI is InChI=1S/C18H32N4O.HI/c1-4-19-18(21-13-17-22-14(2)15(3)23-17)20-12-16-10-8-6-5-7-9-11-16;/h16H,4-13H2,1-3H3,(H2,19,20,21);1H. The van der Waals surface area contributed by atoms with Gasteiger partial charge >= 0.3 is 0 Å². The maximum Gasteiger partial charge on any atom is 0.216 e. The third-order valence-electron chi connectivity index (χ3n) is 4.57. The Hall–Kier alpha value is -0.790. The summed E-state index contributed by atoms with van der Waals surface area (Å²) in [7, 11) is 0. The molecule has 0 aliphatic heterocycles. The van der Waals surface area contributed by atoms with Crippen molar-refractivity contribution in [1.29, 1.82) is 0 Å². The first-order chi connectivity index (χ1) is 11.2. The van der Waals surface area contributed by atoms with E-state index in [-0.39, 0.29) is 24.0 Å². The molecule has 1 saturated carbocycles. The minimum Gasteiger partial charge on any atom is -0.444 e. The van der Waals surface area contributed by atoms with Crippen molar-refractivity contribution in [3.8, 4) is 0 Å². The van der Waals surface area contributed by atoms with Crippen LogP contribution in [0.1, 0.15) is 69.2 Å². The van der Waals surface area contributed by atoms with Crippen molar-refractivity contribution in [2.45, 2.75) is 72.3 Å². The molecule has 2 N–H and O–H groups in total. The molecule has 1 heterocycles. The van der Waals surface area contributed by atoms with Gasteiger partial charge in [-0.2, -0.15) is 0 Å². The molecule has 0 unspecified atom stereocenters. The molecule has 0 aromatic carbocycles. The van der Waals surface area contributed by atoms with Crippen LogP contribution in [0.25, 0.3) is 0 Å². The summed E-state index contributed by atoms with van der Waals surface area (Å²) in [5.74, 6) is 3.19.